The molecule has 0 aromatic heterocycles. The minimum absolute atomic E-state index is 0.0349. The third-order valence-electron chi connectivity index (χ3n) is 4.38. The highest BCUT2D eigenvalue weighted by molar-refractivity contribution is 6.07. The first-order valence-electron chi connectivity index (χ1n) is 7.59. The van der Waals surface area contributed by atoms with Gasteiger partial charge in [-0.3, -0.25) is 4.79 Å². The van der Waals surface area contributed by atoms with Crippen molar-refractivity contribution in [3.63, 3.8) is 0 Å². The molecule has 2 aromatic carbocycles. The monoisotopic (exact) mass is 283 g/mol. The van der Waals surface area contributed by atoms with Gasteiger partial charge in [0.15, 0.2) is 0 Å². The Morgan fingerprint density at radius 3 is 2.52 bits per heavy atom. The predicted octanol–water partition coefficient (Wildman–Crippen LogP) is 3.53. The van der Waals surface area contributed by atoms with Crippen LogP contribution in [0.3, 0.4) is 0 Å². The van der Waals surface area contributed by atoms with Crippen molar-refractivity contribution in [2.45, 2.75) is 37.8 Å². The van der Waals surface area contributed by atoms with Crippen LogP contribution in [0.25, 0.3) is 10.8 Å². The molecule has 0 aliphatic heterocycles. The highest BCUT2D eigenvalue weighted by Crippen LogP contribution is 2.22. The molecule has 3 rings (SSSR count). The van der Waals surface area contributed by atoms with E-state index in [4.69, 9.17) is 4.74 Å². The first-order valence-corrected chi connectivity index (χ1v) is 7.59. The summed E-state index contributed by atoms with van der Waals surface area (Å²) < 4.78 is 5.37. The molecule has 1 saturated carbocycles. The highest BCUT2D eigenvalue weighted by Gasteiger charge is 2.22. The molecular weight excluding hydrogens is 262 g/mol. The van der Waals surface area contributed by atoms with Crippen LogP contribution in [0.4, 0.5) is 0 Å². The minimum Gasteiger partial charge on any atom is -0.381 e. The fraction of sp³-hybridized carbons (Fsp3) is 0.389. The van der Waals surface area contributed by atoms with E-state index in [1.807, 2.05) is 42.5 Å². The van der Waals surface area contributed by atoms with Gasteiger partial charge in [-0.25, -0.2) is 0 Å². The summed E-state index contributed by atoms with van der Waals surface area (Å²) in [5, 5.41) is 5.30. The van der Waals surface area contributed by atoms with Crippen LogP contribution in [-0.2, 0) is 4.74 Å². The molecular formula is C18H21NO2. The van der Waals surface area contributed by atoms with E-state index < -0.39 is 0 Å². The number of fused-ring (bicyclic) bond motifs is 1. The number of ether oxygens (including phenoxy) is 1. The molecule has 1 N–H and O–H groups in total. The lowest BCUT2D eigenvalue weighted by atomic mass is 9.92. The fourth-order valence-corrected chi connectivity index (χ4v) is 3.13. The number of nitrogens with one attached hydrogen (secondary N) is 1. The van der Waals surface area contributed by atoms with Crippen molar-refractivity contribution in [2.75, 3.05) is 7.11 Å². The molecule has 0 heterocycles. The number of carbonyl (C=O) groups excluding carboxylic acids is 1. The van der Waals surface area contributed by atoms with E-state index in [0.29, 0.717) is 6.10 Å². The van der Waals surface area contributed by atoms with Gasteiger partial charge in [-0.2, -0.15) is 0 Å². The maximum absolute atomic E-state index is 12.5. The van der Waals surface area contributed by atoms with Gasteiger partial charge in [-0.1, -0.05) is 36.4 Å². The maximum atomic E-state index is 12.5. The summed E-state index contributed by atoms with van der Waals surface area (Å²) in [5.74, 6) is 0.0349. The minimum atomic E-state index is 0.0349. The summed E-state index contributed by atoms with van der Waals surface area (Å²) in [6, 6.07) is 14.2. The van der Waals surface area contributed by atoms with E-state index in [2.05, 4.69) is 5.32 Å². The van der Waals surface area contributed by atoms with E-state index in [0.717, 1.165) is 42.0 Å². The molecule has 3 heteroatoms. The molecule has 1 aliphatic rings. The Kier molecular flexibility index (Phi) is 4.20. The molecule has 0 radical (unpaired) electrons. The molecule has 0 unspecified atom stereocenters. The fourth-order valence-electron chi connectivity index (χ4n) is 3.13. The first kappa shape index (κ1) is 14.1. The second-order valence-electron chi connectivity index (χ2n) is 5.71. The van der Waals surface area contributed by atoms with Crippen LogP contribution in [0.5, 0.6) is 0 Å². The quantitative estimate of drug-likeness (QED) is 0.936. The van der Waals surface area contributed by atoms with Crippen LogP contribution in [0.1, 0.15) is 36.0 Å². The molecule has 1 amide bonds. The number of rotatable bonds is 3. The van der Waals surface area contributed by atoms with Gasteiger partial charge < -0.3 is 10.1 Å². The Balaban J connectivity index is 1.73. The molecule has 0 spiro atoms. The average Bonchev–Trinajstić information content (AvgIpc) is 2.55. The summed E-state index contributed by atoms with van der Waals surface area (Å²) in [6.07, 6.45) is 4.40. The van der Waals surface area contributed by atoms with Gasteiger partial charge in [0, 0.05) is 18.7 Å². The van der Waals surface area contributed by atoms with Gasteiger partial charge in [0.2, 0.25) is 0 Å². The van der Waals surface area contributed by atoms with E-state index in [1.54, 1.807) is 7.11 Å². The maximum Gasteiger partial charge on any atom is 0.252 e. The smallest absolute Gasteiger partial charge is 0.252 e. The predicted molar refractivity (Wildman–Crippen MR) is 84.5 cm³/mol. The molecule has 3 nitrogen and oxygen atoms in total. The SMILES string of the molecule is COC1CCC(NC(=O)c2cccc3ccccc23)CC1. The van der Waals surface area contributed by atoms with Gasteiger partial charge in [0.25, 0.3) is 5.91 Å². The summed E-state index contributed by atoms with van der Waals surface area (Å²) in [6.45, 7) is 0. The normalized spacial score (nSPS) is 22.1. The van der Waals surface area contributed by atoms with Crippen LogP contribution in [0.15, 0.2) is 42.5 Å². The third kappa shape index (κ3) is 3.08. The molecule has 0 bridgehead atoms. The molecule has 110 valence electrons. The molecule has 0 atom stereocenters. The number of benzene rings is 2. The van der Waals surface area contributed by atoms with Crippen molar-refractivity contribution in [2.24, 2.45) is 0 Å². The van der Waals surface area contributed by atoms with Gasteiger partial charge in [-0.15, -0.1) is 0 Å². The third-order valence-corrected chi connectivity index (χ3v) is 4.38. The van der Waals surface area contributed by atoms with E-state index >= 15 is 0 Å². The van der Waals surface area contributed by atoms with Crippen molar-refractivity contribution < 1.29 is 9.53 Å². The molecule has 1 aliphatic carbocycles. The lowest BCUT2D eigenvalue weighted by molar-refractivity contribution is 0.0599. The van der Waals surface area contributed by atoms with Crippen LogP contribution in [-0.4, -0.2) is 25.2 Å². The Bertz CT molecular complexity index is 625. The Morgan fingerprint density at radius 1 is 1.05 bits per heavy atom. The van der Waals surface area contributed by atoms with Gasteiger partial charge in [0.1, 0.15) is 0 Å². The van der Waals surface area contributed by atoms with Crippen LogP contribution < -0.4 is 5.32 Å². The largest absolute Gasteiger partial charge is 0.381 e. The summed E-state index contributed by atoms with van der Waals surface area (Å²) >= 11 is 0. The zero-order valence-electron chi connectivity index (χ0n) is 12.3. The zero-order valence-corrected chi connectivity index (χ0v) is 12.3. The lowest BCUT2D eigenvalue weighted by Gasteiger charge is -2.28. The first-order chi connectivity index (χ1) is 10.3. The van der Waals surface area contributed by atoms with Crippen molar-refractivity contribution in [1.29, 1.82) is 0 Å². The van der Waals surface area contributed by atoms with E-state index in [-0.39, 0.29) is 11.9 Å². The second-order valence-corrected chi connectivity index (χ2v) is 5.71. The molecule has 1 fully saturated rings. The van der Waals surface area contributed by atoms with Crippen LogP contribution in [0.2, 0.25) is 0 Å². The van der Waals surface area contributed by atoms with E-state index in [1.165, 1.54) is 0 Å². The molecule has 2 aromatic rings. The number of amides is 1. The van der Waals surface area contributed by atoms with Crippen molar-refractivity contribution >= 4 is 16.7 Å². The number of hydrogen-bond donors (Lipinski definition) is 1. The number of methoxy groups -OCH3 is 1. The van der Waals surface area contributed by atoms with Crippen molar-refractivity contribution in [3.8, 4) is 0 Å². The lowest BCUT2D eigenvalue weighted by Crippen LogP contribution is -2.39. The summed E-state index contributed by atoms with van der Waals surface area (Å²) in [4.78, 5) is 12.5. The summed E-state index contributed by atoms with van der Waals surface area (Å²) in [5.41, 5.74) is 0.766. The number of hydrogen-bond acceptors (Lipinski definition) is 2. The Morgan fingerprint density at radius 2 is 1.76 bits per heavy atom. The Hall–Kier alpha value is -1.87. The van der Waals surface area contributed by atoms with Crippen LogP contribution >= 0.6 is 0 Å². The highest BCUT2D eigenvalue weighted by atomic mass is 16.5. The standard InChI is InChI=1S/C18H21NO2/c1-21-15-11-9-14(10-12-15)19-18(20)17-8-4-6-13-5-2-3-7-16(13)17/h2-8,14-15H,9-12H2,1H3,(H,19,20). The Labute approximate surface area is 125 Å². The van der Waals surface area contributed by atoms with Crippen molar-refractivity contribution in [3.05, 3.63) is 48.0 Å². The van der Waals surface area contributed by atoms with Gasteiger partial charge in [0.05, 0.1) is 6.10 Å². The molecule has 21 heavy (non-hydrogen) atoms. The van der Waals surface area contributed by atoms with Gasteiger partial charge >= 0.3 is 0 Å². The van der Waals surface area contributed by atoms with E-state index in [9.17, 15) is 4.79 Å². The summed E-state index contributed by atoms with van der Waals surface area (Å²) in [7, 11) is 1.76. The zero-order chi connectivity index (χ0) is 14.7. The molecule has 0 saturated heterocycles. The number of carbonyl (C=O) groups is 1. The van der Waals surface area contributed by atoms with Crippen LogP contribution in [0, 0.1) is 0 Å². The van der Waals surface area contributed by atoms with Gasteiger partial charge in [-0.05, 0) is 42.5 Å². The van der Waals surface area contributed by atoms with Crippen molar-refractivity contribution in [1.82, 2.24) is 5.32 Å². The second kappa shape index (κ2) is 6.27. The topological polar surface area (TPSA) is 38.3 Å². The average molecular weight is 283 g/mol.